The number of nitrogens with zero attached hydrogens (tertiary/aromatic N) is 3. The first-order valence-electron chi connectivity index (χ1n) is 7.05. The second-order valence-electron chi connectivity index (χ2n) is 5.00. The first-order chi connectivity index (χ1) is 9.60. The Labute approximate surface area is 139 Å². The van der Waals surface area contributed by atoms with Crippen molar-refractivity contribution in [3.05, 3.63) is 27.6 Å². The molecule has 2 rings (SSSR count). The lowest BCUT2D eigenvalue weighted by Gasteiger charge is -2.25. The molecule has 0 N–H and O–H groups in total. The molecule has 0 aliphatic heterocycles. The van der Waals surface area contributed by atoms with Gasteiger partial charge in [-0.3, -0.25) is 0 Å². The summed E-state index contributed by atoms with van der Waals surface area (Å²) in [5.74, 6) is 1.41. The van der Waals surface area contributed by atoms with E-state index in [-0.39, 0.29) is 0 Å². The molecule has 0 aliphatic carbocycles. The van der Waals surface area contributed by atoms with Crippen LogP contribution in [0.2, 0.25) is 0 Å². The van der Waals surface area contributed by atoms with Gasteiger partial charge in [-0.05, 0) is 60.8 Å². The summed E-state index contributed by atoms with van der Waals surface area (Å²) in [5, 5.41) is 0. The Kier molecular flexibility index (Phi) is 5.69. The minimum absolute atomic E-state index is 0.369. The second kappa shape index (κ2) is 7.09. The molecule has 0 fully saturated rings. The summed E-state index contributed by atoms with van der Waals surface area (Å²) in [7, 11) is 0. The lowest BCUT2D eigenvalue weighted by atomic mass is 10.2. The molecule has 0 saturated carbocycles. The van der Waals surface area contributed by atoms with Gasteiger partial charge in [0.05, 0.1) is 16.9 Å². The zero-order valence-electron chi connectivity index (χ0n) is 12.2. The van der Waals surface area contributed by atoms with Gasteiger partial charge in [0.25, 0.3) is 0 Å². The molecular formula is C15H21ClIN3. The molecule has 2 aromatic rings. The number of hydrogen-bond acceptors (Lipinski definition) is 2. The van der Waals surface area contributed by atoms with E-state index in [2.05, 4.69) is 76.0 Å². The van der Waals surface area contributed by atoms with Crippen LogP contribution in [0.4, 0.5) is 0 Å². The third-order valence-electron chi connectivity index (χ3n) is 3.70. The lowest BCUT2D eigenvalue weighted by Crippen LogP contribution is -2.30. The summed E-state index contributed by atoms with van der Waals surface area (Å²) in [5.41, 5.74) is 2.22. The lowest BCUT2D eigenvalue weighted by molar-refractivity contribution is 0.261. The molecule has 110 valence electrons. The van der Waals surface area contributed by atoms with Crippen LogP contribution in [0.5, 0.6) is 0 Å². The number of likely N-dealkylation sites (N-methyl/N-ethyl adjacent to an activating group) is 1. The fraction of sp³-hybridized carbons (Fsp3) is 0.533. The summed E-state index contributed by atoms with van der Waals surface area (Å²) in [6, 6.07) is 6.77. The Hall–Kier alpha value is -0.330. The molecular weight excluding hydrogens is 385 g/mol. The smallest absolute Gasteiger partial charge is 0.125 e. The number of aromatic nitrogens is 2. The van der Waals surface area contributed by atoms with E-state index in [9.17, 15) is 0 Å². The predicted molar refractivity (Wildman–Crippen MR) is 94.5 cm³/mol. The number of halogens is 2. The summed E-state index contributed by atoms with van der Waals surface area (Å²) < 4.78 is 3.49. The van der Waals surface area contributed by atoms with Crippen molar-refractivity contribution in [3.63, 3.8) is 0 Å². The van der Waals surface area contributed by atoms with Crippen LogP contribution in [0.25, 0.3) is 11.0 Å². The van der Waals surface area contributed by atoms with Gasteiger partial charge in [0.2, 0.25) is 0 Å². The van der Waals surface area contributed by atoms with Crippen molar-refractivity contribution in [2.45, 2.75) is 32.7 Å². The van der Waals surface area contributed by atoms with Crippen molar-refractivity contribution < 1.29 is 0 Å². The first-order valence-corrected chi connectivity index (χ1v) is 8.66. The average Bonchev–Trinajstić information content (AvgIpc) is 2.81. The standard InChI is InChI=1S/C15H21ClIN3/c1-4-19(5-2)10-11(3)20-14-7-6-12(17)8-13(14)18-15(20)9-16/h6-8,11H,4-5,9-10H2,1-3H3. The van der Waals surface area contributed by atoms with Gasteiger partial charge in [-0.2, -0.15) is 0 Å². The maximum Gasteiger partial charge on any atom is 0.125 e. The molecule has 5 heteroatoms. The summed E-state index contributed by atoms with van der Waals surface area (Å²) in [6.07, 6.45) is 0. The van der Waals surface area contributed by atoms with E-state index >= 15 is 0 Å². The molecule has 1 unspecified atom stereocenters. The van der Waals surface area contributed by atoms with Crippen molar-refractivity contribution in [1.82, 2.24) is 14.5 Å². The van der Waals surface area contributed by atoms with E-state index in [1.165, 1.54) is 9.09 Å². The van der Waals surface area contributed by atoms with Crippen LogP contribution in [-0.2, 0) is 5.88 Å². The molecule has 20 heavy (non-hydrogen) atoms. The fourth-order valence-electron chi connectivity index (χ4n) is 2.65. The first kappa shape index (κ1) is 16.0. The maximum absolute atomic E-state index is 6.09. The molecule has 0 amide bonds. The highest BCUT2D eigenvalue weighted by Gasteiger charge is 2.17. The number of fused-ring (bicyclic) bond motifs is 1. The van der Waals surface area contributed by atoms with Crippen LogP contribution < -0.4 is 0 Å². The van der Waals surface area contributed by atoms with Crippen molar-refractivity contribution >= 4 is 45.2 Å². The van der Waals surface area contributed by atoms with E-state index < -0.39 is 0 Å². The number of rotatable bonds is 6. The van der Waals surface area contributed by atoms with E-state index in [0.717, 1.165) is 31.0 Å². The molecule has 0 radical (unpaired) electrons. The van der Waals surface area contributed by atoms with Gasteiger partial charge in [-0.1, -0.05) is 13.8 Å². The molecule has 1 atom stereocenters. The SMILES string of the molecule is CCN(CC)CC(C)n1c(CCl)nc2cc(I)ccc21. The fourth-order valence-corrected chi connectivity index (χ4v) is 3.31. The highest BCUT2D eigenvalue weighted by atomic mass is 127. The zero-order chi connectivity index (χ0) is 14.7. The quantitative estimate of drug-likeness (QED) is 0.528. The van der Waals surface area contributed by atoms with Crippen LogP contribution in [0.15, 0.2) is 18.2 Å². The van der Waals surface area contributed by atoms with Crippen LogP contribution >= 0.6 is 34.2 Å². The van der Waals surface area contributed by atoms with Gasteiger partial charge in [-0.25, -0.2) is 4.98 Å². The predicted octanol–water partition coefficient (Wildman–Crippen LogP) is 4.28. The van der Waals surface area contributed by atoms with Crippen LogP contribution in [0, 0.1) is 3.57 Å². The van der Waals surface area contributed by atoms with Crippen molar-refractivity contribution in [3.8, 4) is 0 Å². The van der Waals surface area contributed by atoms with E-state index in [0.29, 0.717) is 11.9 Å². The Morgan fingerprint density at radius 2 is 2.05 bits per heavy atom. The van der Waals surface area contributed by atoms with Gasteiger partial charge < -0.3 is 9.47 Å². The van der Waals surface area contributed by atoms with Gasteiger partial charge in [-0.15, -0.1) is 11.6 Å². The van der Waals surface area contributed by atoms with E-state index in [1.807, 2.05) is 0 Å². The Morgan fingerprint density at radius 3 is 2.65 bits per heavy atom. The van der Waals surface area contributed by atoms with Crippen LogP contribution in [-0.4, -0.2) is 34.1 Å². The highest BCUT2D eigenvalue weighted by molar-refractivity contribution is 14.1. The van der Waals surface area contributed by atoms with Crippen molar-refractivity contribution in [2.75, 3.05) is 19.6 Å². The third-order valence-corrected chi connectivity index (χ3v) is 4.61. The number of imidazole rings is 1. The van der Waals surface area contributed by atoms with Gasteiger partial charge in [0.15, 0.2) is 0 Å². The van der Waals surface area contributed by atoms with E-state index in [1.54, 1.807) is 0 Å². The van der Waals surface area contributed by atoms with Gasteiger partial charge >= 0.3 is 0 Å². The summed E-state index contributed by atoms with van der Waals surface area (Å²) >= 11 is 8.41. The average molecular weight is 406 g/mol. The molecule has 0 saturated heterocycles. The largest absolute Gasteiger partial charge is 0.323 e. The number of alkyl halides is 1. The topological polar surface area (TPSA) is 21.1 Å². The van der Waals surface area contributed by atoms with Gasteiger partial charge in [0.1, 0.15) is 5.82 Å². The van der Waals surface area contributed by atoms with Gasteiger partial charge in [0, 0.05) is 16.2 Å². The molecule has 1 heterocycles. The molecule has 0 bridgehead atoms. The third kappa shape index (κ3) is 3.28. The second-order valence-corrected chi connectivity index (χ2v) is 6.51. The molecule has 1 aromatic heterocycles. The minimum atomic E-state index is 0.369. The molecule has 0 aliphatic rings. The number of hydrogen-bond donors (Lipinski definition) is 0. The monoisotopic (exact) mass is 405 g/mol. The molecule has 1 aromatic carbocycles. The van der Waals surface area contributed by atoms with Crippen molar-refractivity contribution in [2.24, 2.45) is 0 Å². The Balaban J connectivity index is 2.41. The van der Waals surface area contributed by atoms with Crippen LogP contribution in [0.1, 0.15) is 32.6 Å². The minimum Gasteiger partial charge on any atom is -0.323 e. The maximum atomic E-state index is 6.09. The number of benzene rings is 1. The summed E-state index contributed by atoms with van der Waals surface area (Å²) in [4.78, 5) is 7.11. The van der Waals surface area contributed by atoms with E-state index in [4.69, 9.17) is 11.6 Å². The van der Waals surface area contributed by atoms with Crippen molar-refractivity contribution in [1.29, 1.82) is 0 Å². The highest BCUT2D eigenvalue weighted by Crippen LogP contribution is 2.24. The Bertz CT molecular complexity index is 578. The normalized spacial score (nSPS) is 13.3. The zero-order valence-corrected chi connectivity index (χ0v) is 15.1. The summed E-state index contributed by atoms with van der Waals surface area (Å²) in [6.45, 7) is 9.81. The molecule has 3 nitrogen and oxygen atoms in total. The van der Waals surface area contributed by atoms with Crippen LogP contribution in [0.3, 0.4) is 0 Å². The molecule has 0 spiro atoms. The Morgan fingerprint density at radius 1 is 1.35 bits per heavy atom.